The van der Waals surface area contributed by atoms with E-state index in [9.17, 15) is 29.1 Å². The minimum absolute atomic E-state index is 0.120. The van der Waals surface area contributed by atoms with E-state index in [0.717, 1.165) is 12.0 Å². The van der Waals surface area contributed by atoms with Gasteiger partial charge >= 0.3 is 5.97 Å². The van der Waals surface area contributed by atoms with Crippen molar-refractivity contribution in [3.05, 3.63) is 35.9 Å². The van der Waals surface area contributed by atoms with E-state index in [2.05, 4.69) is 16.0 Å². The Morgan fingerprint density at radius 2 is 1.57 bits per heavy atom. The van der Waals surface area contributed by atoms with Crippen molar-refractivity contribution in [1.82, 2.24) is 20.9 Å². The van der Waals surface area contributed by atoms with E-state index in [1.807, 2.05) is 6.07 Å². The van der Waals surface area contributed by atoms with Crippen molar-refractivity contribution in [1.29, 1.82) is 0 Å². The molecular weight excluding hydrogens is 540 g/mol. The maximum atomic E-state index is 13.5. The van der Waals surface area contributed by atoms with Gasteiger partial charge in [-0.15, -0.1) is 0 Å². The molecule has 1 heterocycles. The molecule has 0 spiro atoms. The van der Waals surface area contributed by atoms with Crippen molar-refractivity contribution in [2.75, 3.05) is 13.1 Å². The minimum Gasteiger partial charge on any atom is -0.480 e. The second-order valence-electron chi connectivity index (χ2n) is 11.6. The summed E-state index contributed by atoms with van der Waals surface area (Å²) in [5, 5.41) is 17.6. The number of aliphatic carboxylic acids is 1. The van der Waals surface area contributed by atoms with Crippen LogP contribution in [-0.4, -0.2) is 82.9 Å². The van der Waals surface area contributed by atoms with Gasteiger partial charge in [0.2, 0.25) is 23.6 Å². The van der Waals surface area contributed by atoms with Crippen molar-refractivity contribution >= 4 is 29.6 Å². The molecule has 0 aliphatic carbocycles. The molecule has 0 aromatic heterocycles. The molecule has 1 fully saturated rings. The molecule has 0 radical (unpaired) electrons. The van der Waals surface area contributed by atoms with Crippen LogP contribution in [0.25, 0.3) is 0 Å². The Kier molecular flexibility index (Phi) is 13.9. The molecule has 8 N–H and O–H groups in total. The number of likely N-dealkylation sites (tertiary alicyclic amines) is 1. The lowest BCUT2D eigenvalue weighted by atomic mass is 9.99. The molecule has 42 heavy (non-hydrogen) atoms. The van der Waals surface area contributed by atoms with Crippen LogP contribution in [0.1, 0.15) is 65.4 Å². The van der Waals surface area contributed by atoms with Crippen molar-refractivity contribution in [3.8, 4) is 0 Å². The van der Waals surface area contributed by atoms with Crippen molar-refractivity contribution in [2.45, 2.75) is 96.4 Å². The summed E-state index contributed by atoms with van der Waals surface area (Å²) in [4.78, 5) is 66.4. The number of nitrogens with zero attached hydrogens (tertiary/aromatic N) is 1. The minimum atomic E-state index is -1.18. The Bertz CT molecular complexity index is 1070. The average Bonchev–Trinajstić information content (AvgIpc) is 3.43. The van der Waals surface area contributed by atoms with E-state index in [1.54, 1.807) is 52.0 Å². The first-order valence-corrected chi connectivity index (χ1v) is 14.8. The van der Waals surface area contributed by atoms with Crippen LogP contribution in [-0.2, 0) is 30.4 Å². The second kappa shape index (κ2) is 16.8. The van der Waals surface area contributed by atoms with Crippen LogP contribution >= 0.6 is 0 Å². The number of unbranched alkanes of at least 4 members (excludes halogenated alkanes) is 1. The predicted molar refractivity (Wildman–Crippen MR) is 159 cm³/mol. The first-order valence-electron chi connectivity index (χ1n) is 14.8. The molecule has 0 saturated carbocycles. The fraction of sp³-hybridized carbons (Fsp3) is 0.633. The molecule has 0 bridgehead atoms. The Morgan fingerprint density at radius 1 is 0.929 bits per heavy atom. The zero-order valence-electron chi connectivity index (χ0n) is 25.2. The number of carboxylic acid groups (broad SMARTS) is 1. The molecule has 1 aromatic carbocycles. The first-order chi connectivity index (χ1) is 19.9. The molecule has 1 aliphatic heterocycles. The highest BCUT2D eigenvalue weighted by molar-refractivity contribution is 5.95. The topological polar surface area (TPSA) is 197 Å². The van der Waals surface area contributed by atoms with E-state index in [-0.39, 0.29) is 24.2 Å². The van der Waals surface area contributed by atoms with E-state index >= 15 is 0 Å². The lowest BCUT2D eigenvalue weighted by Crippen LogP contribution is -2.60. The van der Waals surface area contributed by atoms with Crippen molar-refractivity contribution < 1.29 is 29.1 Å². The Balaban J connectivity index is 2.18. The number of nitrogens with one attached hydrogen (secondary N) is 3. The summed E-state index contributed by atoms with van der Waals surface area (Å²) in [6, 6.07) is 4.33. The highest BCUT2D eigenvalue weighted by Crippen LogP contribution is 2.20. The van der Waals surface area contributed by atoms with Gasteiger partial charge in [-0.3, -0.25) is 19.2 Å². The standard InChI is InChI=1S/C30H48N6O6/c1-18(2)24(34-27(38)23-14-10-16-36(23)29(40)21(32)13-8-9-15-31)28(39)33-22(17-20-11-6-5-7-12-20)26(37)35-25(19(3)4)30(41)42/h5-7,11-12,18-19,21-25H,8-10,13-17,31-32H2,1-4H3,(H,33,39)(H,34,38)(H,35,37)(H,41,42)/t21-,22-,23-,24-,25-/m0/s1. The Morgan fingerprint density at radius 3 is 2.14 bits per heavy atom. The predicted octanol–water partition coefficient (Wildman–Crippen LogP) is 0.527. The fourth-order valence-corrected chi connectivity index (χ4v) is 5.02. The van der Waals surface area contributed by atoms with Gasteiger partial charge in [-0.2, -0.15) is 0 Å². The summed E-state index contributed by atoms with van der Waals surface area (Å²) in [6.45, 7) is 7.80. The fourth-order valence-electron chi connectivity index (χ4n) is 5.02. The molecule has 12 nitrogen and oxygen atoms in total. The number of nitrogens with two attached hydrogens (primary N) is 2. The number of hydrogen-bond acceptors (Lipinski definition) is 7. The van der Waals surface area contributed by atoms with Crippen molar-refractivity contribution in [3.63, 3.8) is 0 Å². The Labute approximate surface area is 248 Å². The van der Waals surface area contributed by atoms with Gasteiger partial charge in [0.15, 0.2) is 0 Å². The smallest absolute Gasteiger partial charge is 0.326 e. The number of benzene rings is 1. The van der Waals surface area contributed by atoms with Crippen LogP contribution in [0.3, 0.4) is 0 Å². The zero-order chi connectivity index (χ0) is 31.4. The quantitative estimate of drug-likeness (QED) is 0.150. The number of carboxylic acids is 1. The van der Waals surface area contributed by atoms with Crippen LogP contribution in [0.4, 0.5) is 0 Å². The first kappa shape index (κ1) is 34.7. The van der Waals surface area contributed by atoms with E-state index in [0.29, 0.717) is 38.8 Å². The molecule has 234 valence electrons. The Hall–Kier alpha value is -3.51. The van der Waals surface area contributed by atoms with Crippen LogP contribution < -0.4 is 27.4 Å². The number of carbonyl (C=O) groups excluding carboxylic acids is 4. The van der Waals surface area contributed by atoms with Crippen LogP contribution in [0.15, 0.2) is 30.3 Å². The molecule has 0 unspecified atom stereocenters. The van der Waals surface area contributed by atoms with Gasteiger partial charge in [-0.25, -0.2) is 4.79 Å². The highest BCUT2D eigenvalue weighted by atomic mass is 16.4. The molecule has 1 aromatic rings. The molecule has 2 rings (SSSR count). The second-order valence-corrected chi connectivity index (χ2v) is 11.6. The van der Waals surface area contributed by atoms with Crippen LogP contribution in [0, 0.1) is 11.8 Å². The third-order valence-corrected chi connectivity index (χ3v) is 7.52. The monoisotopic (exact) mass is 588 g/mol. The van der Waals surface area contributed by atoms with Gasteiger partial charge < -0.3 is 37.4 Å². The number of hydrogen-bond donors (Lipinski definition) is 6. The van der Waals surface area contributed by atoms with Crippen LogP contribution in [0.2, 0.25) is 0 Å². The van der Waals surface area contributed by atoms with Gasteiger partial charge in [0.1, 0.15) is 24.2 Å². The molecule has 4 amide bonds. The summed E-state index contributed by atoms with van der Waals surface area (Å²) in [7, 11) is 0. The van der Waals surface area contributed by atoms with Gasteiger partial charge in [-0.05, 0) is 49.6 Å². The molecular formula is C30H48N6O6. The summed E-state index contributed by atoms with van der Waals surface area (Å²) in [5.41, 5.74) is 12.4. The maximum Gasteiger partial charge on any atom is 0.326 e. The lowest BCUT2D eigenvalue weighted by Gasteiger charge is -2.30. The zero-order valence-corrected chi connectivity index (χ0v) is 25.2. The number of carbonyl (C=O) groups is 5. The van der Waals surface area contributed by atoms with Gasteiger partial charge in [0.05, 0.1) is 6.04 Å². The number of rotatable bonds is 16. The normalized spacial score (nSPS) is 17.8. The van der Waals surface area contributed by atoms with Gasteiger partial charge in [-0.1, -0.05) is 64.4 Å². The van der Waals surface area contributed by atoms with Gasteiger partial charge in [0.25, 0.3) is 0 Å². The third-order valence-electron chi connectivity index (χ3n) is 7.52. The largest absolute Gasteiger partial charge is 0.480 e. The summed E-state index contributed by atoms with van der Waals surface area (Å²) >= 11 is 0. The summed E-state index contributed by atoms with van der Waals surface area (Å²) < 4.78 is 0. The van der Waals surface area contributed by atoms with Gasteiger partial charge in [0, 0.05) is 13.0 Å². The van der Waals surface area contributed by atoms with E-state index < -0.39 is 53.9 Å². The highest BCUT2D eigenvalue weighted by Gasteiger charge is 2.38. The molecule has 5 atom stereocenters. The average molecular weight is 589 g/mol. The SMILES string of the molecule is CC(C)[C@H](NC(=O)[C@H](Cc1ccccc1)NC(=O)[C@@H](NC(=O)[C@@H]1CCCN1C(=O)[C@@H](N)CCCCN)C(C)C)C(=O)O. The van der Waals surface area contributed by atoms with Crippen LogP contribution in [0.5, 0.6) is 0 Å². The van der Waals surface area contributed by atoms with Crippen molar-refractivity contribution in [2.24, 2.45) is 23.3 Å². The van der Waals surface area contributed by atoms with E-state index in [4.69, 9.17) is 11.5 Å². The van der Waals surface area contributed by atoms with E-state index in [1.165, 1.54) is 4.90 Å². The lowest BCUT2D eigenvalue weighted by molar-refractivity contribution is -0.143. The molecule has 1 aliphatic rings. The maximum absolute atomic E-state index is 13.5. The summed E-state index contributed by atoms with van der Waals surface area (Å²) in [5.74, 6) is -3.88. The third kappa shape index (κ3) is 10.1. The summed E-state index contributed by atoms with van der Waals surface area (Å²) in [6.07, 6.45) is 3.15. The number of amides is 4. The molecule has 12 heteroatoms. The molecule has 1 saturated heterocycles.